The van der Waals surface area contributed by atoms with E-state index in [-0.39, 0.29) is 35.9 Å². The number of likely N-dealkylation sites (tertiary alicyclic amines) is 1. The summed E-state index contributed by atoms with van der Waals surface area (Å²) in [4.78, 5) is 40.8. The molecule has 2 unspecified atom stereocenters. The van der Waals surface area contributed by atoms with E-state index in [1.54, 1.807) is 13.8 Å². The van der Waals surface area contributed by atoms with Gasteiger partial charge in [0.1, 0.15) is 11.6 Å². The number of carbonyl (C=O) groups excluding carboxylic acids is 3. The molecule has 2 amide bonds. The molecule has 8 nitrogen and oxygen atoms in total. The second-order valence-electron chi connectivity index (χ2n) is 8.39. The van der Waals surface area contributed by atoms with Crippen molar-refractivity contribution in [2.24, 2.45) is 11.8 Å². The number of ether oxygens (including phenoxy) is 2. The van der Waals surface area contributed by atoms with Gasteiger partial charge < -0.3 is 24.8 Å². The Bertz CT molecular complexity index is 675. The van der Waals surface area contributed by atoms with Gasteiger partial charge in [0.15, 0.2) is 0 Å². The number of alkyl halides is 1. The highest BCUT2D eigenvalue weighted by atomic mass is 79.9. The lowest BCUT2D eigenvalue weighted by Crippen LogP contribution is -2.58. The fraction of sp³-hybridized carbons (Fsp3) is 0.850. The molecule has 3 saturated heterocycles. The van der Waals surface area contributed by atoms with Crippen molar-refractivity contribution in [3.8, 4) is 0 Å². The Kier molecular flexibility index (Phi) is 6.60. The molecule has 2 N–H and O–H groups in total. The van der Waals surface area contributed by atoms with Crippen molar-refractivity contribution in [1.82, 2.24) is 10.2 Å². The van der Waals surface area contributed by atoms with Crippen molar-refractivity contribution >= 4 is 33.7 Å². The third-order valence-electron chi connectivity index (χ3n) is 6.38. The monoisotopic (exact) mass is 474 g/mol. The normalized spacial score (nSPS) is 37.4. The quantitative estimate of drug-likeness (QED) is 0.401. The van der Waals surface area contributed by atoms with Crippen LogP contribution in [0, 0.1) is 11.8 Å². The van der Waals surface area contributed by atoms with Crippen LogP contribution in [-0.2, 0) is 23.9 Å². The molecule has 0 aromatic rings. The van der Waals surface area contributed by atoms with Gasteiger partial charge >= 0.3 is 5.97 Å². The van der Waals surface area contributed by atoms with E-state index < -0.39 is 41.6 Å². The summed E-state index contributed by atoms with van der Waals surface area (Å²) in [6.07, 6.45) is 1.66. The molecule has 8 atom stereocenters. The lowest BCUT2D eigenvalue weighted by atomic mass is 9.70. The number of hydrogen-bond donors (Lipinski definition) is 2. The molecule has 3 fully saturated rings. The summed E-state index contributed by atoms with van der Waals surface area (Å²) in [6.45, 7) is 7.30. The van der Waals surface area contributed by atoms with Gasteiger partial charge in [0.05, 0.1) is 37.2 Å². The van der Waals surface area contributed by atoms with Crippen molar-refractivity contribution in [2.75, 3.05) is 13.2 Å². The Morgan fingerprint density at radius 3 is 2.69 bits per heavy atom. The molecular weight excluding hydrogens is 444 g/mol. The number of nitrogens with zero attached hydrogens (tertiary/aromatic N) is 1. The van der Waals surface area contributed by atoms with Gasteiger partial charge in [-0.3, -0.25) is 14.4 Å². The molecule has 164 valence electrons. The predicted octanol–water partition coefficient (Wildman–Crippen LogP) is 0.983. The molecule has 3 aliphatic heterocycles. The maximum absolute atomic E-state index is 13.5. The Hall–Kier alpha value is -1.19. The Morgan fingerprint density at radius 2 is 2.10 bits per heavy atom. The third kappa shape index (κ3) is 3.49. The maximum Gasteiger partial charge on any atom is 0.312 e. The lowest BCUT2D eigenvalue weighted by Gasteiger charge is -2.36. The van der Waals surface area contributed by atoms with Crippen LogP contribution >= 0.6 is 15.9 Å². The molecule has 29 heavy (non-hydrogen) atoms. The van der Waals surface area contributed by atoms with Crippen LogP contribution in [0.2, 0.25) is 0 Å². The zero-order chi connectivity index (χ0) is 21.5. The fourth-order valence-electron chi connectivity index (χ4n) is 5.26. The first kappa shape index (κ1) is 22.5. The van der Waals surface area contributed by atoms with Gasteiger partial charge in [-0.2, -0.15) is 0 Å². The first-order valence-corrected chi connectivity index (χ1v) is 11.4. The molecule has 2 bridgehead atoms. The number of aliphatic hydroxyl groups excluding tert-OH is 1. The summed E-state index contributed by atoms with van der Waals surface area (Å²) >= 11 is 3.59. The molecule has 3 rings (SSSR count). The van der Waals surface area contributed by atoms with Gasteiger partial charge in [0.25, 0.3) is 0 Å². The standard InChI is InChI=1S/C20H31BrN2O6/c1-5-7-10(3)22-17(25)16-20-8-12(21)15(29-20)13(19(27)28-6-2)14(20)18(26)23(16)11(4)9-24/h10-16,24H,5-9H2,1-4H3,(H,22,25)/t10?,11-,12?,13+,14-,15+,16+,20-/m1/s1. The SMILES string of the molecule is CCCC(C)NC(=O)[C@@H]1N([C@H](C)CO)C(=O)[C@H]2[C@H](C(=O)OCC)[C@H]3O[C@@]12CC3Br. The Morgan fingerprint density at radius 1 is 1.41 bits per heavy atom. The first-order chi connectivity index (χ1) is 13.7. The number of hydrogen-bond acceptors (Lipinski definition) is 6. The van der Waals surface area contributed by atoms with Gasteiger partial charge in [-0.1, -0.05) is 29.3 Å². The number of halogens is 1. The van der Waals surface area contributed by atoms with Crippen LogP contribution in [0.3, 0.4) is 0 Å². The summed E-state index contributed by atoms with van der Waals surface area (Å²) < 4.78 is 11.5. The molecule has 0 aliphatic carbocycles. The summed E-state index contributed by atoms with van der Waals surface area (Å²) in [6, 6.07) is -1.52. The Balaban J connectivity index is 2.01. The molecule has 0 aromatic carbocycles. The molecule has 3 aliphatic rings. The first-order valence-electron chi connectivity index (χ1n) is 10.4. The number of aliphatic hydroxyl groups is 1. The van der Waals surface area contributed by atoms with Gasteiger partial charge in [0, 0.05) is 10.9 Å². The van der Waals surface area contributed by atoms with Crippen molar-refractivity contribution < 1.29 is 29.0 Å². The second-order valence-corrected chi connectivity index (χ2v) is 9.57. The van der Waals surface area contributed by atoms with E-state index in [9.17, 15) is 19.5 Å². The number of rotatable bonds is 8. The topological polar surface area (TPSA) is 105 Å². The highest BCUT2D eigenvalue weighted by Gasteiger charge is 2.77. The zero-order valence-electron chi connectivity index (χ0n) is 17.4. The van der Waals surface area contributed by atoms with Crippen LogP contribution < -0.4 is 5.32 Å². The molecule has 0 aromatic heterocycles. The van der Waals surface area contributed by atoms with Gasteiger partial charge in [-0.05, 0) is 33.6 Å². The maximum atomic E-state index is 13.5. The van der Waals surface area contributed by atoms with Crippen LogP contribution in [-0.4, -0.2) is 75.7 Å². The molecule has 3 heterocycles. The summed E-state index contributed by atoms with van der Waals surface area (Å²) in [7, 11) is 0. The number of carbonyl (C=O) groups is 3. The van der Waals surface area contributed by atoms with Gasteiger partial charge in [-0.25, -0.2) is 0 Å². The van der Waals surface area contributed by atoms with E-state index in [1.807, 2.05) is 13.8 Å². The largest absolute Gasteiger partial charge is 0.466 e. The fourth-order valence-corrected chi connectivity index (χ4v) is 6.21. The molecular formula is C20H31BrN2O6. The van der Waals surface area contributed by atoms with Gasteiger partial charge in [0.2, 0.25) is 11.8 Å². The van der Waals surface area contributed by atoms with Crippen molar-refractivity contribution in [1.29, 1.82) is 0 Å². The number of amides is 2. The Labute approximate surface area is 179 Å². The van der Waals surface area contributed by atoms with E-state index in [0.717, 1.165) is 12.8 Å². The number of fused-ring (bicyclic) bond motifs is 1. The smallest absolute Gasteiger partial charge is 0.312 e. The van der Waals surface area contributed by atoms with Crippen molar-refractivity contribution in [2.45, 2.75) is 81.6 Å². The minimum Gasteiger partial charge on any atom is -0.466 e. The highest BCUT2D eigenvalue weighted by Crippen LogP contribution is 2.60. The van der Waals surface area contributed by atoms with E-state index in [1.165, 1.54) is 4.90 Å². The number of esters is 1. The summed E-state index contributed by atoms with van der Waals surface area (Å²) in [5, 5.41) is 12.8. The van der Waals surface area contributed by atoms with Crippen LogP contribution in [0.5, 0.6) is 0 Å². The zero-order valence-corrected chi connectivity index (χ0v) is 19.0. The van der Waals surface area contributed by atoms with Crippen LogP contribution in [0.15, 0.2) is 0 Å². The van der Waals surface area contributed by atoms with E-state index in [0.29, 0.717) is 6.42 Å². The lowest BCUT2D eigenvalue weighted by molar-refractivity contribution is -0.155. The van der Waals surface area contributed by atoms with Gasteiger partial charge in [-0.15, -0.1) is 0 Å². The molecule has 0 radical (unpaired) electrons. The van der Waals surface area contributed by atoms with Crippen LogP contribution in [0.1, 0.15) is 47.0 Å². The molecule has 9 heteroatoms. The molecule has 0 saturated carbocycles. The van der Waals surface area contributed by atoms with Crippen LogP contribution in [0.4, 0.5) is 0 Å². The average Bonchev–Trinajstić information content (AvgIpc) is 3.25. The number of nitrogens with one attached hydrogen (secondary N) is 1. The highest BCUT2D eigenvalue weighted by molar-refractivity contribution is 9.09. The van der Waals surface area contributed by atoms with Crippen molar-refractivity contribution in [3.63, 3.8) is 0 Å². The van der Waals surface area contributed by atoms with E-state index in [4.69, 9.17) is 9.47 Å². The molecule has 1 spiro atoms. The van der Waals surface area contributed by atoms with Crippen LogP contribution in [0.25, 0.3) is 0 Å². The van der Waals surface area contributed by atoms with Crippen molar-refractivity contribution in [3.05, 3.63) is 0 Å². The summed E-state index contributed by atoms with van der Waals surface area (Å²) in [5.41, 5.74) is -1.10. The minimum absolute atomic E-state index is 0.0523. The summed E-state index contributed by atoms with van der Waals surface area (Å²) in [5.74, 6) is -2.65. The predicted molar refractivity (Wildman–Crippen MR) is 108 cm³/mol. The minimum atomic E-state index is -1.10. The third-order valence-corrected chi connectivity index (χ3v) is 7.23. The second kappa shape index (κ2) is 8.51. The van der Waals surface area contributed by atoms with E-state index in [2.05, 4.69) is 21.2 Å². The average molecular weight is 475 g/mol. The van der Waals surface area contributed by atoms with E-state index >= 15 is 0 Å².